The Bertz CT molecular complexity index is 574. The molecule has 0 unspecified atom stereocenters. The van der Waals surface area contributed by atoms with Crippen LogP contribution in [0.4, 0.5) is 0 Å². The molecule has 1 N–H and O–H groups in total. The maximum Gasteiger partial charge on any atom is 0.307 e. The van der Waals surface area contributed by atoms with Gasteiger partial charge in [0.05, 0.1) is 6.42 Å². The molecule has 3 heteroatoms. The number of halogens is 1. The quantitative estimate of drug-likeness (QED) is 0.908. The van der Waals surface area contributed by atoms with Gasteiger partial charge in [0, 0.05) is 5.02 Å². The first-order valence-electron chi connectivity index (χ1n) is 5.64. The summed E-state index contributed by atoms with van der Waals surface area (Å²) in [5.41, 5.74) is 3.95. The number of hydrogen-bond acceptors (Lipinski definition) is 1. The first kappa shape index (κ1) is 12.7. The Morgan fingerprint density at radius 1 is 1.17 bits per heavy atom. The van der Waals surface area contributed by atoms with Crippen molar-refractivity contribution in [1.29, 1.82) is 0 Å². The van der Waals surface area contributed by atoms with E-state index in [1.54, 1.807) is 0 Å². The fourth-order valence-corrected chi connectivity index (χ4v) is 2.07. The van der Waals surface area contributed by atoms with Gasteiger partial charge in [0.2, 0.25) is 0 Å². The molecular weight excluding hydrogens is 248 g/mol. The third-order valence-corrected chi connectivity index (χ3v) is 3.30. The minimum absolute atomic E-state index is 0.0504. The van der Waals surface area contributed by atoms with Crippen molar-refractivity contribution in [1.82, 2.24) is 0 Å². The normalized spacial score (nSPS) is 10.3. The minimum atomic E-state index is -0.818. The van der Waals surface area contributed by atoms with Crippen LogP contribution in [-0.4, -0.2) is 11.1 Å². The van der Waals surface area contributed by atoms with E-state index in [0.29, 0.717) is 0 Å². The van der Waals surface area contributed by atoms with E-state index >= 15 is 0 Å². The Morgan fingerprint density at radius 3 is 2.44 bits per heavy atom. The molecule has 0 aliphatic heterocycles. The Labute approximate surface area is 111 Å². The highest BCUT2D eigenvalue weighted by Gasteiger charge is 2.05. The fourth-order valence-electron chi connectivity index (χ4n) is 1.90. The highest BCUT2D eigenvalue weighted by Crippen LogP contribution is 2.28. The zero-order valence-electron chi connectivity index (χ0n) is 9.98. The number of hydrogen-bond donors (Lipinski definition) is 1. The predicted molar refractivity (Wildman–Crippen MR) is 73.0 cm³/mol. The van der Waals surface area contributed by atoms with Crippen LogP contribution in [0.1, 0.15) is 11.1 Å². The zero-order valence-corrected chi connectivity index (χ0v) is 10.7. The molecule has 0 heterocycles. The number of aliphatic carboxylic acids is 1. The standard InChI is InChI=1S/C15H13ClO2/c1-10-13(3-2-4-14(10)16)12-7-5-11(6-8-12)9-15(17)18/h2-8H,9H2,1H3,(H,17,18). The summed E-state index contributed by atoms with van der Waals surface area (Å²) < 4.78 is 0. The first-order chi connectivity index (χ1) is 8.58. The number of rotatable bonds is 3. The molecule has 0 aliphatic rings. The van der Waals surface area contributed by atoms with Crippen LogP contribution in [0.15, 0.2) is 42.5 Å². The van der Waals surface area contributed by atoms with Crippen LogP contribution in [0.25, 0.3) is 11.1 Å². The average molecular weight is 261 g/mol. The molecule has 0 saturated carbocycles. The first-order valence-corrected chi connectivity index (χ1v) is 6.02. The van der Waals surface area contributed by atoms with Crippen LogP contribution in [0.5, 0.6) is 0 Å². The van der Waals surface area contributed by atoms with Crippen molar-refractivity contribution in [2.45, 2.75) is 13.3 Å². The summed E-state index contributed by atoms with van der Waals surface area (Å²) in [5.74, 6) is -0.818. The van der Waals surface area contributed by atoms with E-state index in [2.05, 4.69) is 0 Å². The molecule has 2 aromatic rings. The van der Waals surface area contributed by atoms with E-state index in [-0.39, 0.29) is 6.42 Å². The van der Waals surface area contributed by atoms with Gasteiger partial charge in [0.25, 0.3) is 0 Å². The summed E-state index contributed by atoms with van der Waals surface area (Å²) in [6, 6.07) is 13.3. The lowest BCUT2D eigenvalue weighted by molar-refractivity contribution is -0.136. The van der Waals surface area contributed by atoms with E-state index in [1.807, 2.05) is 49.4 Å². The third kappa shape index (κ3) is 2.71. The van der Waals surface area contributed by atoms with E-state index in [9.17, 15) is 4.79 Å². The summed E-state index contributed by atoms with van der Waals surface area (Å²) in [5, 5.41) is 9.45. The SMILES string of the molecule is Cc1c(Cl)cccc1-c1ccc(CC(=O)O)cc1. The van der Waals surface area contributed by atoms with Crippen LogP contribution >= 0.6 is 11.6 Å². The van der Waals surface area contributed by atoms with Gasteiger partial charge in [0.1, 0.15) is 0 Å². The van der Waals surface area contributed by atoms with Crippen molar-refractivity contribution in [3.05, 3.63) is 58.6 Å². The Kier molecular flexibility index (Phi) is 3.68. The number of benzene rings is 2. The molecule has 2 aromatic carbocycles. The summed E-state index contributed by atoms with van der Waals surface area (Å²) >= 11 is 6.09. The second-order valence-corrected chi connectivity index (χ2v) is 4.59. The fraction of sp³-hybridized carbons (Fsp3) is 0.133. The molecule has 2 nitrogen and oxygen atoms in total. The smallest absolute Gasteiger partial charge is 0.307 e. The second kappa shape index (κ2) is 5.23. The number of carbonyl (C=O) groups is 1. The van der Waals surface area contributed by atoms with E-state index in [4.69, 9.17) is 16.7 Å². The summed E-state index contributed by atoms with van der Waals surface area (Å²) in [6.45, 7) is 1.98. The topological polar surface area (TPSA) is 37.3 Å². The van der Waals surface area contributed by atoms with Crippen LogP contribution in [-0.2, 0) is 11.2 Å². The average Bonchev–Trinajstić information content (AvgIpc) is 2.33. The van der Waals surface area contributed by atoms with Crippen LogP contribution < -0.4 is 0 Å². The Hall–Kier alpha value is -1.80. The Morgan fingerprint density at radius 2 is 1.83 bits per heavy atom. The van der Waals surface area contributed by atoms with Gasteiger partial charge in [-0.05, 0) is 35.2 Å². The van der Waals surface area contributed by atoms with Crippen LogP contribution in [0, 0.1) is 6.92 Å². The highest BCUT2D eigenvalue weighted by atomic mass is 35.5. The van der Waals surface area contributed by atoms with Gasteiger partial charge in [-0.3, -0.25) is 4.79 Å². The van der Waals surface area contributed by atoms with Crippen molar-refractivity contribution < 1.29 is 9.90 Å². The van der Waals surface area contributed by atoms with E-state index < -0.39 is 5.97 Å². The van der Waals surface area contributed by atoms with Crippen LogP contribution in [0.3, 0.4) is 0 Å². The van der Waals surface area contributed by atoms with Gasteiger partial charge in [-0.15, -0.1) is 0 Å². The minimum Gasteiger partial charge on any atom is -0.481 e. The monoisotopic (exact) mass is 260 g/mol. The summed E-state index contributed by atoms with van der Waals surface area (Å²) in [7, 11) is 0. The maximum atomic E-state index is 10.6. The van der Waals surface area contributed by atoms with E-state index in [1.165, 1.54) is 0 Å². The molecule has 0 spiro atoms. The lowest BCUT2D eigenvalue weighted by Crippen LogP contribution is -1.99. The zero-order chi connectivity index (χ0) is 13.1. The molecule has 0 aromatic heterocycles. The molecule has 0 atom stereocenters. The van der Waals surface area contributed by atoms with Gasteiger partial charge in [-0.25, -0.2) is 0 Å². The number of carboxylic acids is 1. The Balaban J connectivity index is 2.34. The maximum absolute atomic E-state index is 10.6. The van der Waals surface area contributed by atoms with Crippen LogP contribution in [0.2, 0.25) is 5.02 Å². The van der Waals surface area contributed by atoms with Crippen molar-refractivity contribution in [3.63, 3.8) is 0 Å². The van der Waals surface area contributed by atoms with E-state index in [0.717, 1.165) is 27.3 Å². The molecule has 0 aliphatic carbocycles. The van der Waals surface area contributed by atoms with Crippen molar-refractivity contribution in [2.75, 3.05) is 0 Å². The third-order valence-electron chi connectivity index (χ3n) is 2.89. The molecular formula is C15H13ClO2. The predicted octanol–water partition coefficient (Wildman–Crippen LogP) is 3.94. The largest absolute Gasteiger partial charge is 0.481 e. The van der Waals surface area contributed by atoms with Gasteiger partial charge in [-0.2, -0.15) is 0 Å². The molecule has 92 valence electrons. The van der Waals surface area contributed by atoms with Crippen molar-refractivity contribution in [3.8, 4) is 11.1 Å². The lowest BCUT2D eigenvalue weighted by atomic mass is 9.99. The van der Waals surface area contributed by atoms with Gasteiger partial charge < -0.3 is 5.11 Å². The molecule has 0 saturated heterocycles. The molecule has 0 radical (unpaired) electrons. The molecule has 0 amide bonds. The molecule has 0 fully saturated rings. The van der Waals surface area contributed by atoms with Crippen molar-refractivity contribution >= 4 is 17.6 Å². The summed E-state index contributed by atoms with van der Waals surface area (Å²) in [6.07, 6.45) is 0.0504. The molecule has 2 rings (SSSR count). The number of carboxylic acid groups (broad SMARTS) is 1. The van der Waals surface area contributed by atoms with Gasteiger partial charge in [0.15, 0.2) is 0 Å². The molecule has 18 heavy (non-hydrogen) atoms. The highest BCUT2D eigenvalue weighted by molar-refractivity contribution is 6.31. The van der Waals surface area contributed by atoms with Gasteiger partial charge in [-0.1, -0.05) is 48.0 Å². The summed E-state index contributed by atoms with van der Waals surface area (Å²) in [4.78, 5) is 10.6. The van der Waals surface area contributed by atoms with Gasteiger partial charge >= 0.3 is 5.97 Å². The van der Waals surface area contributed by atoms with Crippen molar-refractivity contribution in [2.24, 2.45) is 0 Å². The lowest BCUT2D eigenvalue weighted by Gasteiger charge is -2.08. The molecule has 0 bridgehead atoms. The second-order valence-electron chi connectivity index (χ2n) is 4.18.